The molecule has 0 aromatic carbocycles. The first kappa shape index (κ1) is 13.4. The molecule has 1 N–H and O–H groups in total. The van der Waals surface area contributed by atoms with E-state index in [9.17, 15) is 9.59 Å². The van der Waals surface area contributed by atoms with Crippen LogP contribution in [-0.2, 0) is 6.42 Å². The van der Waals surface area contributed by atoms with E-state index in [0.29, 0.717) is 5.01 Å². The molecule has 2 aromatic rings. The van der Waals surface area contributed by atoms with Gasteiger partial charge in [-0.05, 0) is 18.1 Å². The van der Waals surface area contributed by atoms with E-state index in [1.165, 1.54) is 6.92 Å². The molecule has 0 fully saturated rings. The molecule has 0 unspecified atom stereocenters. The number of thiazole rings is 1. The highest BCUT2D eigenvalue weighted by Gasteiger charge is 2.21. The summed E-state index contributed by atoms with van der Waals surface area (Å²) in [5.41, 5.74) is 1.63. The van der Waals surface area contributed by atoms with Crippen molar-refractivity contribution < 1.29 is 14.7 Å². The van der Waals surface area contributed by atoms with Crippen molar-refractivity contribution in [1.29, 1.82) is 0 Å². The quantitative estimate of drug-likeness (QED) is 0.868. The summed E-state index contributed by atoms with van der Waals surface area (Å²) in [6.07, 6.45) is 4.12. The van der Waals surface area contributed by atoms with Crippen LogP contribution >= 0.6 is 11.3 Å². The predicted octanol–water partition coefficient (Wildman–Crippen LogP) is 2.67. The van der Waals surface area contributed by atoms with Crippen molar-refractivity contribution in [3.8, 4) is 10.6 Å². The van der Waals surface area contributed by atoms with E-state index in [0.717, 1.165) is 28.9 Å². The third-order valence-electron chi connectivity index (χ3n) is 2.66. The summed E-state index contributed by atoms with van der Waals surface area (Å²) in [6, 6.07) is 1.78. The summed E-state index contributed by atoms with van der Waals surface area (Å²) < 4.78 is 0. The minimum atomic E-state index is -1.18. The maximum absolute atomic E-state index is 11.5. The molecule has 0 saturated heterocycles. The number of carboxylic acids is 1. The van der Waals surface area contributed by atoms with E-state index in [1.807, 2.05) is 6.92 Å². The van der Waals surface area contributed by atoms with Crippen molar-refractivity contribution >= 4 is 23.1 Å². The van der Waals surface area contributed by atoms with Gasteiger partial charge >= 0.3 is 5.97 Å². The molecule has 0 aliphatic rings. The van der Waals surface area contributed by atoms with Crippen LogP contribution in [0.15, 0.2) is 18.5 Å². The van der Waals surface area contributed by atoms with Gasteiger partial charge in [0.25, 0.3) is 0 Å². The summed E-state index contributed by atoms with van der Waals surface area (Å²) in [4.78, 5) is 30.9. The first-order chi connectivity index (χ1) is 9.04. The number of pyridine rings is 1. The number of rotatable bonds is 4. The van der Waals surface area contributed by atoms with Gasteiger partial charge in [0.15, 0.2) is 11.5 Å². The molecule has 2 aromatic heterocycles. The second-order valence-corrected chi connectivity index (χ2v) is 4.94. The first-order valence-electron chi connectivity index (χ1n) is 5.73. The van der Waals surface area contributed by atoms with Gasteiger partial charge in [0.05, 0.1) is 0 Å². The summed E-state index contributed by atoms with van der Waals surface area (Å²) in [5.74, 6) is -1.46. The van der Waals surface area contributed by atoms with E-state index in [2.05, 4.69) is 9.97 Å². The fraction of sp³-hybridized carbons (Fsp3) is 0.231. The second-order valence-electron chi connectivity index (χ2n) is 3.94. The van der Waals surface area contributed by atoms with Gasteiger partial charge < -0.3 is 5.11 Å². The van der Waals surface area contributed by atoms with Gasteiger partial charge in [0.1, 0.15) is 9.88 Å². The monoisotopic (exact) mass is 276 g/mol. The summed E-state index contributed by atoms with van der Waals surface area (Å²) >= 11 is 1.11. The van der Waals surface area contributed by atoms with Gasteiger partial charge in [-0.3, -0.25) is 9.78 Å². The van der Waals surface area contributed by atoms with Gasteiger partial charge in [0, 0.05) is 24.9 Å². The Balaban J connectivity index is 2.61. The fourth-order valence-electron chi connectivity index (χ4n) is 1.74. The van der Waals surface area contributed by atoms with E-state index in [4.69, 9.17) is 5.11 Å². The van der Waals surface area contributed by atoms with Crippen LogP contribution < -0.4 is 0 Å². The lowest BCUT2D eigenvalue weighted by Gasteiger charge is -2.02. The van der Waals surface area contributed by atoms with Crippen LogP contribution in [0, 0.1) is 0 Å². The molecule has 19 heavy (non-hydrogen) atoms. The van der Waals surface area contributed by atoms with Crippen molar-refractivity contribution in [2.45, 2.75) is 20.3 Å². The summed E-state index contributed by atoms with van der Waals surface area (Å²) in [6.45, 7) is 3.33. The van der Waals surface area contributed by atoms with Crippen LogP contribution in [0.4, 0.5) is 0 Å². The Morgan fingerprint density at radius 3 is 2.68 bits per heavy atom. The van der Waals surface area contributed by atoms with Crippen LogP contribution in [0.1, 0.15) is 39.6 Å². The first-order valence-corrected chi connectivity index (χ1v) is 6.54. The highest BCUT2D eigenvalue weighted by Crippen LogP contribution is 2.30. The maximum Gasteiger partial charge on any atom is 0.356 e. The Labute approximate surface area is 114 Å². The molecule has 0 saturated carbocycles. The van der Waals surface area contributed by atoms with Crippen molar-refractivity contribution in [2.24, 2.45) is 0 Å². The number of aryl methyl sites for hydroxylation is 1. The van der Waals surface area contributed by atoms with Gasteiger partial charge in [-0.2, -0.15) is 0 Å². The molecule has 98 valence electrons. The van der Waals surface area contributed by atoms with Crippen molar-refractivity contribution in [3.63, 3.8) is 0 Å². The van der Waals surface area contributed by atoms with Crippen LogP contribution in [-0.4, -0.2) is 26.8 Å². The number of carbonyl (C=O) groups excluding carboxylic acids is 1. The zero-order valence-corrected chi connectivity index (χ0v) is 11.3. The average Bonchev–Trinajstić information content (AvgIpc) is 2.84. The molecule has 0 radical (unpaired) electrons. The third-order valence-corrected chi connectivity index (χ3v) is 3.85. The van der Waals surface area contributed by atoms with Gasteiger partial charge in [-0.25, -0.2) is 9.78 Å². The number of aromatic nitrogens is 2. The van der Waals surface area contributed by atoms with Crippen LogP contribution in [0.3, 0.4) is 0 Å². The number of hydrogen-bond donors (Lipinski definition) is 1. The smallest absolute Gasteiger partial charge is 0.356 e. The average molecular weight is 276 g/mol. The molecule has 2 heterocycles. The number of carbonyl (C=O) groups is 2. The molecule has 6 heteroatoms. The van der Waals surface area contributed by atoms with Crippen LogP contribution in [0.2, 0.25) is 0 Å². The number of Topliss-reactive ketones (excluding diaryl/α,β-unsaturated/α-hetero) is 1. The number of hydrogen-bond acceptors (Lipinski definition) is 5. The largest absolute Gasteiger partial charge is 0.476 e. The lowest BCUT2D eigenvalue weighted by atomic mass is 10.1. The Hall–Kier alpha value is -2.08. The molecule has 5 nitrogen and oxygen atoms in total. The molecule has 2 rings (SSSR count). The van der Waals surface area contributed by atoms with E-state index < -0.39 is 5.97 Å². The number of carboxylic acid groups (broad SMARTS) is 1. The number of nitrogens with zero attached hydrogens (tertiary/aromatic N) is 2. The fourth-order valence-corrected chi connectivity index (χ4v) is 2.75. The topological polar surface area (TPSA) is 80.2 Å². The Kier molecular flexibility index (Phi) is 3.71. The predicted molar refractivity (Wildman–Crippen MR) is 71.7 cm³/mol. The molecule has 0 amide bonds. The normalized spacial score (nSPS) is 10.4. The van der Waals surface area contributed by atoms with Gasteiger partial charge in [0.2, 0.25) is 0 Å². The Morgan fingerprint density at radius 2 is 2.16 bits per heavy atom. The maximum atomic E-state index is 11.5. The second kappa shape index (κ2) is 5.27. The van der Waals surface area contributed by atoms with E-state index in [-0.39, 0.29) is 16.4 Å². The zero-order chi connectivity index (χ0) is 14.0. The number of aromatic carboxylic acids is 1. The van der Waals surface area contributed by atoms with E-state index >= 15 is 0 Å². The van der Waals surface area contributed by atoms with Gasteiger partial charge in [-0.15, -0.1) is 11.3 Å². The minimum absolute atomic E-state index is 0.175. The van der Waals surface area contributed by atoms with Crippen molar-refractivity contribution in [2.75, 3.05) is 0 Å². The van der Waals surface area contributed by atoms with Crippen LogP contribution in [0.25, 0.3) is 10.6 Å². The van der Waals surface area contributed by atoms with Gasteiger partial charge in [-0.1, -0.05) is 6.92 Å². The Morgan fingerprint density at radius 1 is 1.42 bits per heavy atom. The molecule has 0 bridgehead atoms. The molecular weight excluding hydrogens is 264 g/mol. The summed E-state index contributed by atoms with van der Waals surface area (Å²) in [7, 11) is 0. The van der Waals surface area contributed by atoms with Crippen molar-refractivity contribution in [3.05, 3.63) is 34.6 Å². The molecule has 0 spiro atoms. The molecule has 0 aliphatic heterocycles. The Bertz CT molecular complexity index is 618. The zero-order valence-electron chi connectivity index (χ0n) is 10.5. The highest BCUT2D eigenvalue weighted by molar-refractivity contribution is 7.17. The highest BCUT2D eigenvalue weighted by atomic mass is 32.1. The standard InChI is InChI=1S/C13H12N2O3S/c1-3-8-6-14-5-4-9(8)12-15-10(13(17)18)11(19-12)7(2)16/h4-6H,3H2,1-2H3,(H,17,18). The third kappa shape index (κ3) is 2.53. The number of ketones is 1. The molecule has 0 atom stereocenters. The van der Waals surface area contributed by atoms with E-state index in [1.54, 1.807) is 18.5 Å². The summed E-state index contributed by atoms with van der Waals surface area (Å²) in [5, 5.41) is 9.62. The SMILES string of the molecule is CCc1cnccc1-c1nc(C(=O)O)c(C(C)=O)s1. The van der Waals surface area contributed by atoms with Crippen molar-refractivity contribution in [1.82, 2.24) is 9.97 Å². The lowest BCUT2D eigenvalue weighted by molar-refractivity contribution is 0.0687. The van der Waals surface area contributed by atoms with Crippen LogP contribution in [0.5, 0.6) is 0 Å². The molecular formula is C13H12N2O3S. The molecule has 0 aliphatic carbocycles. The lowest BCUT2D eigenvalue weighted by Crippen LogP contribution is -2.03. The minimum Gasteiger partial charge on any atom is -0.476 e.